The average molecular weight is 288 g/mol. The van der Waals surface area contributed by atoms with E-state index in [2.05, 4.69) is 28.2 Å². The van der Waals surface area contributed by atoms with Crippen molar-refractivity contribution in [1.82, 2.24) is 15.2 Å². The number of rotatable bonds is 4. The Balaban J connectivity index is 1.70. The molecule has 1 aliphatic heterocycles. The smallest absolute Gasteiger partial charge is 0.241 e. The quantitative estimate of drug-likeness (QED) is 0.907. The third-order valence-corrected chi connectivity index (χ3v) is 4.25. The molecule has 5 heteroatoms. The van der Waals surface area contributed by atoms with E-state index < -0.39 is 0 Å². The third-order valence-electron chi connectivity index (χ3n) is 4.25. The van der Waals surface area contributed by atoms with Crippen molar-refractivity contribution >= 4 is 11.7 Å². The van der Waals surface area contributed by atoms with E-state index in [4.69, 9.17) is 0 Å². The second-order valence-corrected chi connectivity index (χ2v) is 6.23. The van der Waals surface area contributed by atoms with E-state index in [-0.39, 0.29) is 5.91 Å². The highest BCUT2D eigenvalue weighted by atomic mass is 16.2. The van der Waals surface area contributed by atoms with Crippen molar-refractivity contribution in [2.75, 3.05) is 31.6 Å². The zero-order valence-electron chi connectivity index (χ0n) is 12.9. The molecule has 1 amide bonds. The maximum atomic E-state index is 12.0. The fraction of sp³-hybridized carbons (Fsp3) is 0.625. The number of anilines is 1. The highest BCUT2D eigenvalue weighted by Gasteiger charge is 2.22. The van der Waals surface area contributed by atoms with Gasteiger partial charge in [0.05, 0.1) is 6.54 Å². The summed E-state index contributed by atoms with van der Waals surface area (Å²) in [6.07, 6.45) is 5.53. The van der Waals surface area contributed by atoms with E-state index in [0.717, 1.165) is 37.4 Å². The predicted octanol–water partition coefficient (Wildman–Crippen LogP) is 1.31. The molecule has 0 aromatic carbocycles. The molecule has 1 saturated heterocycles. The van der Waals surface area contributed by atoms with E-state index in [1.54, 1.807) is 0 Å². The highest BCUT2D eigenvalue weighted by Crippen LogP contribution is 2.22. The summed E-state index contributed by atoms with van der Waals surface area (Å²) in [6.45, 7) is 5.13. The molecule has 2 fully saturated rings. The third kappa shape index (κ3) is 3.53. The maximum absolute atomic E-state index is 12.0. The van der Waals surface area contributed by atoms with Gasteiger partial charge in [-0.15, -0.1) is 0 Å². The Labute approximate surface area is 126 Å². The monoisotopic (exact) mass is 288 g/mol. The van der Waals surface area contributed by atoms with Crippen LogP contribution in [-0.2, 0) is 11.3 Å². The lowest BCUT2D eigenvalue weighted by Crippen LogP contribution is -2.35. The van der Waals surface area contributed by atoms with E-state index in [1.807, 2.05) is 18.1 Å². The first-order chi connectivity index (χ1) is 10.1. The van der Waals surface area contributed by atoms with Crippen LogP contribution in [0.4, 0.5) is 5.82 Å². The Morgan fingerprint density at radius 2 is 2.19 bits per heavy atom. The number of nitrogens with zero attached hydrogens (tertiary/aromatic N) is 3. The number of aryl methyl sites for hydroxylation is 1. The second kappa shape index (κ2) is 6.02. The lowest BCUT2D eigenvalue weighted by Gasteiger charge is -2.23. The van der Waals surface area contributed by atoms with Crippen LogP contribution in [0.2, 0.25) is 0 Å². The first kappa shape index (κ1) is 14.3. The Morgan fingerprint density at radius 3 is 2.90 bits per heavy atom. The van der Waals surface area contributed by atoms with Gasteiger partial charge in [-0.2, -0.15) is 0 Å². The zero-order valence-corrected chi connectivity index (χ0v) is 12.9. The number of likely N-dealkylation sites (N-methyl/N-ethyl adjacent to an activating group) is 1. The van der Waals surface area contributed by atoms with Gasteiger partial charge in [0.1, 0.15) is 5.82 Å². The molecule has 1 N–H and O–H groups in total. The molecule has 2 heterocycles. The van der Waals surface area contributed by atoms with Crippen molar-refractivity contribution in [2.24, 2.45) is 0 Å². The zero-order chi connectivity index (χ0) is 14.8. The summed E-state index contributed by atoms with van der Waals surface area (Å²) in [5, 5.41) is 3.51. The molecule has 0 atom stereocenters. The van der Waals surface area contributed by atoms with Gasteiger partial charge < -0.3 is 15.1 Å². The average Bonchev–Trinajstić information content (AvgIpc) is 3.28. The van der Waals surface area contributed by atoms with Gasteiger partial charge in [-0.3, -0.25) is 4.79 Å². The minimum absolute atomic E-state index is 0.174. The van der Waals surface area contributed by atoms with Crippen LogP contribution in [0, 0.1) is 6.92 Å². The van der Waals surface area contributed by atoms with Gasteiger partial charge in [0.2, 0.25) is 5.91 Å². The molecule has 1 saturated carbocycles. The number of carbonyl (C=O) groups excluding carboxylic acids is 1. The number of aromatic nitrogens is 1. The van der Waals surface area contributed by atoms with Crippen molar-refractivity contribution in [3.8, 4) is 0 Å². The van der Waals surface area contributed by atoms with Crippen molar-refractivity contribution in [3.05, 3.63) is 23.4 Å². The van der Waals surface area contributed by atoms with Crippen molar-refractivity contribution < 1.29 is 4.79 Å². The number of hydrogen-bond acceptors (Lipinski definition) is 4. The minimum atomic E-state index is 0.174. The van der Waals surface area contributed by atoms with Gasteiger partial charge in [-0.25, -0.2) is 4.98 Å². The van der Waals surface area contributed by atoms with Crippen molar-refractivity contribution in [1.29, 1.82) is 0 Å². The molecular weight excluding hydrogens is 264 g/mol. The van der Waals surface area contributed by atoms with Gasteiger partial charge in [0, 0.05) is 38.9 Å². The number of nitrogens with one attached hydrogen (secondary N) is 1. The topological polar surface area (TPSA) is 48.5 Å². The lowest BCUT2D eigenvalue weighted by atomic mass is 10.2. The van der Waals surface area contributed by atoms with Gasteiger partial charge in [0.15, 0.2) is 0 Å². The van der Waals surface area contributed by atoms with Crippen molar-refractivity contribution in [2.45, 2.75) is 38.8 Å². The van der Waals surface area contributed by atoms with Gasteiger partial charge in [0.25, 0.3) is 0 Å². The molecule has 0 radical (unpaired) electrons. The van der Waals surface area contributed by atoms with Crippen LogP contribution >= 0.6 is 0 Å². The van der Waals surface area contributed by atoms with Crippen LogP contribution in [0.5, 0.6) is 0 Å². The molecule has 1 aromatic rings. The Kier molecular flexibility index (Phi) is 4.10. The Morgan fingerprint density at radius 1 is 1.38 bits per heavy atom. The van der Waals surface area contributed by atoms with Gasteiger partial charge in [-0.1, -0.05) is 0 Å². The molecule has 1 aliphatic carbocycles. The summed E-state index contributed by atoms with van der Waals surface area (Å²) in [5.41, 5.74) is 2.38. The van der Waals surface area contributed by atoms with Crippen molar-refractivity contribution in [3.63, 3.8) is 0 Å². The van der Waals surface area contributed by atoms with Crippen LogP contribution in [0.1, 0.15) is 30.4 Å². The predicted molar refractivity (Wildman–Crippen MR) is 83.3 cm³/mol. The van der Waals surface area contributed by atoms with E-state index in [1.165, 1.54) is 18.4 Å². The standard InChI is InChI=1S/C16H24N4O/c1-12-8-13(9-17-14-4-5-14)10-18-16(12)20-7-3-6-19(2)15(21)11-20/h8,10,14,17H,3-7,9,11H2,1-2H3. The summed E-state index contributed by atoms with van der Waals surface area (Å²) >= 11 is 0. The van der Waals surface area contributed by atoms with E-state index >= 15 is 0 Å². The van der Waals surface area contributed by atoms with Gasteiger partial charge in [-0.05, 0) is 43.4 Å². The van der Waals surface area contributed by atoms with Crippen LogP contribution in [0.3, 0.4) is 0 Å². The highest BCUT2D eigenvalue weighted by molar-refractivity contribution is 5.81. The summed E-state index contributed by atoms with van der Waals surface area (Å²) in [5.74, 6) is 1.13. The van der Waals surface area contributed by atoms with Crippen LogP contribution < -0.4 is 10.2 Å². The van der Waals surface area contributed by atoms with E-state index in [9.17, 15) is 4.79 Å². The largest absolute Gasteiger partial charge is 0.347 e. The normalized spacial score (nSPS) is 19.8. The molecular formula is C16H24N4O. The number of pyridine rings is 1. The first-order valence-electron chi connectivity index (χ1n) is 7.81. The van der Waals surface area contributed by atoms with Crippen LogP contribution in [0.25, 0.3) is 0 Å². The van der Waals surface area contributed by atoms with Crippen LogP contribution in [0.15, 0.2) is 12.3 Å². The SMILES string of the molecule is Cc1cc(CNC2CC2)cnc1N1CCCN(C)C(=O)C1. The first-order valence-corrected chi connectivity index (χ1v) is 7.81. The fourth-order valence-electron chi connectivity index (χ4n) is 2.77. The summed E-state index contributed by atoms with van der Waals surface area (Å²) < 4.78 is 0. The lowest BCUT2D eigenvalue weighted by molar-refractivity contribution is -0.127. The molecule has 2 aliphatic rings. The number of hydrogen-bond donors (Lipinski definition) is 1. The molecule has 3 rings (SSSR count). The number of amides is 1. The molecule has 0 bridgehead atoms. The molecule has 21 heavy (non-hydrogen) atoms. The number of carbonyl (C=O) groups is 1. The summed E-state index contributed by atoms with van der Waals surface area (Å²) in [6, 6.07) is 2.90. The summed E-state index contributed by atoms with van der Waals surface area (Å²) in [7, 11) is 1.87. The fourth-order valence-corrected chi connectivity index (χ4v) is 2.77. The molecule has 5 nitrogen and oxygen atoms in total. The maximum Gasteiger partial charge on any atom is 0.241 e. The summed E-state index contributed by atoms with van der Waals surface area (Å²) in [4.78, 5) is 20.5. The van der Waals surface area contributed by atoms with Gasteiger partial charge >= 0.3 is 0 Å². The minimum Gasteiger partial charge on any atom is -0.347 e. The molecule has 114 valence electrons. The Bertz CT molecular complexity index is 527. The van der Waals surface area contributed by atoms with E-state index in [0.29, 0.717) is 12.6 Å². The van der Waals surface area contributed by atoms with Crippen LogP contribution in [-0.4, -0.2) is 48.5 Å². The second-order valence-electron chi connectivity index (χ2n) is 6.23. The molecule has 0 spiro atoms. The Hall–Kier alpha value is -1.62. The molecule has 1 aromatic heterocycles. The molecule has 0 unspecified atom stereocenters.